The van der Waals surface area contributed by atoms with Crippen LogP contribution < -0.4 is 0 Å². The minimum absolute atomic E-state index is 0.0290. The van der Waals surface area contributed by atoms with Crippen LogP contribution in [0.25, 0.3) is 0 Å². The number of allylic oxidation sites excluding steroid dienone is 2. The molecular weight excluding hydrogens is 476 g/mol. The molecule has 0 bridgehead atoms. The molecular formula is C29H46O8. The highest BCUT2D eigenvalue weighted by Gasteiger charge is 2.56. The van der Waals surface area contributed by atoms with E-state index in [0.29, 0.717) is 17.9 Å². The molecule has 0 aliphatic heterocycles. The van der Waals surface area contributed by atoms with E-state index in [1.807, 2.05) is 0 Å². The minimum Gasteiger partial charge on any atom is -0.481 e. The maximum atomic E-state index is 12.1. The summed E-state index contributed by atoms with van der Waals surface area (Å²) in [5.41, 5.74) is 0.934. The number of aliphatic hydroxyl groups excluding tert-OH is 2. The summed E-state index contributed by atoms with van der Waals surface area (Å²) >= 11 is 0. The maximum absolute atomic E-state index is 12.1. The molecule has 3 N–H and O–H groups in total. The van der Waals surface area contributed by atoms with Crippen molar-refractivity contribution in [2.75, 3.05) is 26.4 Å². The predicted octanol–water partition coefficient (Wildman–Crippen LogP) is 4.43. The van der Waals surface area contributed by atoms with Gasteiger partial charge in [-0.3, -0.25) is 9.59 Å². The van der Waals surface area contributed by atoms with Crippen LogP contribution >= 0.6 is 0 Å². The van der Waals surface area contributed by atoms with Gasteiger partial charge in [-0.15, -0.1) is 0 Å². The number of carboxylic acids is 1. The number of carbonyl (C=O) groups is 3. The second-order valence-corrected chi connectivity index (χ2v) is 11.2. The molecule has 0 aromatic heterocycles. The first-order valence-electron chi connectivity index (χ1n) is 13.6. The van der Waals surface area contributed by atoms with E-state index >= 15 is 0 Å². The van der Waals surface area contributed by atoms with Crippen LogP contribution in [0, 0.1) is 28.6 Å². The standard InChI is InChI=1S/C29H46O8/c1-5-20(2)27(35)37-17-22(13-16-30)12-14-28(4)21(3)11-15-29(19-31)23(7-6-8-24(28)29)18-36-26(34)10-9-25(32)33/h5,7,21-22,24,30-31H,6,8-19H2,1-4H3,(H,32,33)/b20-5-/t21-,22+,24-,28+,29-/m1/s1. The van der Waals surface area contributed by atoms with E-state index in [0.717, 1.165) is 44.1 Å². The molecule has 0 radical (unpaired) electrons. The molecule has 0 aromatic carbocycles. The van der Waals surface area contributed by atoms with Crippen molar-refractivity contribution in [3.05, 3.63) is 23.3 Å². The van der Waals surface area contributed by atoms with Crippen molar-refractivity contribution >= 4 is 17.9 Å². The molecule has 2 rings (SSSR count). The monoisotopic (exact) mass is 522 g/mol. The summed E-state index contributed by atoms with van der Waals surface area (Å²) in [7, 11) is 0. The van der Waals surface area contributed by atoms with Crippen LogP contribution in [0.5, 0.6) is 0 Å². The van der Waals surface area contributed by atoms with Crippen LogP contribution in [-0.4, -0.2) is 59.7 Å². The van der Waals surface area contributed by atoms with Crippen LogP contribution in [0.15, 0.2) is 23.3 Å². The number of aliphatic hydroxyl groups is 2. The first-order chi connectivity index (χ1) is 17.5. The van der Waals surface area contributed by atoms with Crippen molar-refractivity contribution in [2.24, 2.45) is 28.6 Å². The number of ether oxygens (including phenoxy) is 2. The Labute approximate surface area is 221 Å². The number of fused-ring (bicyclic) bond motifs is 1. The number of carbonyl (C=O) groups excluding carboxylic acids is 2. The Kier molecular flexibility index (Phi) is 11.8. The first kappa shape index (κ1) is 31.0. The van der Waals surface area contributed by atoms with Gasteiger partial charge in [0.05, 0.1) is 26.1 Å². The fourth-order valence-corrected chi connectivity index (χ4v) is 6.36. The number of aliphatic carboxylic acids is 1. The number of carboxylic acid groups (broad SMARTS) is 1. The molecule has 0 heterocycles. The third kappa shape index (κ3) is 7.66. The normalized spacial score (nSPS) is 28.6. The number of esters is 2. The van der Waals surface area contributed by atoms with E-state index in [9.17, 15) is 24.6 Å². The van der Waals surface area contributed by atoms with E-state index in [-0.39, 0.29) is 62.5 Å². The van der Waals surface area contributed by atoms with E-state index in [2.05, 4.69) is 19.9 Å². The van der Waals surface area contributed by atoms with Gasteiger partial charge >= 0.3 is 17.9 Å². The fraction of sp³-hybridized carbons (Fsp3) is 0.759. The van der Waals surface area contributed by atoms with Crippen molar-refractivity contribution in [3.63, 3.8) is 0 Å². The van der Waals surface area contributed by atoms with Gasteiger partial charge in [-0.05, 0) is 87.5 Å². The highest BCUT2D eigenvalue weighted by Crippen LogP contribution is 2.62. The number of rotatable bonds is 14. The van der Waals surface area contributed by atoms with Gasteiger partial charge in [0.15, 0.2) is 0 Å². The summed E-state index contributed by atoms with van der Waals surface area (Å²) in [6.45, 7) is 8.42. The van der Waals surface area contributed by atoms with Crippen LogP contribution in [0.2, 0.25) is 0 Å². The molecule has 2 aliphatic rings. The maximum Gasteiger partial charge on any atom is 0.333 e. The Bertz CT molecular complexity index is 862. The predicted molar refractivity (Wildman–Crippen MR) is 139 cm³/mol. The highest BCUT2D eigenvalue weighted by molar-refractivity contribution is 5.87. The Morgan fingerprint density at radius 1 is 1.16 bits per heavy atom. The molecule has 0 spiro atoms. The van der Waals surface area contributed by atoms with Crippen LogP contribution in [0.4, 0.5) is 0 Å². The Hall–Kier alpha value is -2.19. The molecule has 2 aliphatic carbocycles. The van der Waals surface area contributed by atoms with Crippen LogP contribution in [0.1, 0.15) is 85.5 Å². The van der Waals surface area contributed by atoms with Gasteiger partial charge in [0.1, 0.15) is 6.61 Å². The van der Waals surface area contributed by atoms with Crippen molar-refractivity contribution < 1.29 is 39.2 Å². The third-order valence-corrected chi connectivity index (χ3v) is 9.15. The van der Waals surface area contributed by atoms with Gasteiger partial charge in [-0.2, -0.15) is 0 Å². The quantitative estimate of drug-likeness (QED) is 0.173. The summed E-state index contributed by atoms with van der Waals surface area (Å²) in [5, 5.41) is 29.2. The summed E-state index contributed by atoms with van der Waals surface area (Å²) in [6.07, 6.45) is 9.10. The summed E-state index contributed by atoms with van der Waals surface area (Å²) < 4.78 is 11.0. The fourth-order valence-electron chi connectivity index (χ4n) is 6.36. The van der Waals surface area contributed by atoms with E-state index in [1.165, 1.54) is 0 Å². The van der Waals surface area contributed by atoms with E-state index < -0.39 is 17.4 Å². The lowest BCUT2D eigenvalue weighted by molar-refractivity contribution is -0.148. The zero-order valence-corrected chi connectivity index (χ0v) is 23.0. The minimum atomic E-state index is -1.04. The molecule has 0 amide bonds. The molecule has 0 aromatic rings. The summed E-state index contributed by atoms with van der Waals surface area (Å²) in [6, 6.07) is 0. The molecule has 37 heavy (non-hydrogen) atoms. The lowest BCUT2D eigenvalue weighted by Gasteiger charge is -2.59. The molecule has 0 unspecified atom stereocenters. The molecule has 1 fully saturated rings. The SMILES string of the molecule is C/C=C(/C)C(=O)OC[C@H](CCO)CC[C@@]1(C)[C@H](C)CC[C@@]2(CO)C(COC(=O)CCC(=O)O)=CCC[C@@H]21. The van der Waals surface area contributed by atoms with Crippen molar-refractivity contribution in [2.45, 2.75) is 85.5 Å². The van der Waals surface area contributed by atoms with Crippen molar-refractivity contribution in [1.82, 2.24) is 0 Å². The lowest BCUT2D eigenvalue weighted by Crippen LogP contribution is -2.53. The van der Waals surface area contributed by atoms with Gasteiger partial charge in [0.2, 0.25) is 0 Å². The van der Waals surface area contributed by atoms with Gasteiger partial charge in [-0.1, -0.05) is 26.0 Å². The van der Waals surface area contributed by atoms with Gasteiger partial charge in [0.25, 0.3) is 0 Å². The summed E-state index contributed by atoms with van der Waals surface area (Å²) in [5.74, 6) is -1.26. The molecule has 8 heteroatoms. The molecule has 5 atom stereocenters. The van der Waals surface area contributed by atoms with Crippen molar-refractivity contribution in [3.8, 4) is 0 Å². The average Bonchev–Trinajstić information content (AvgIpc) is 2.89. The van der Waals surface area contributed by atoms with Gasteiger partial charge in [-0.25, -0.2) is 4.79 Å². The van der Waals surface area contributed by atoms with E-state index in [1.54, 1.807) is 19.9 Å². The topological polar surface area (TPSA) is 130 Å². The Balaban J connectivity index is 2.15. The third-order valence-electron chi connectivity index (χ3n) is 9.15. The molecule has 1 saturated carbocycles. The Morgan fingerprint density at radius 2 is 1.89 bits per heavy atom. The largest absolute Gasteiger partial charge is 0.481 e. The van der Waals surface area contributed by atoms with Crippen molar-refractivity contribution in [1.29, 1.82) is 0 Å². The van der Waals surface area contributed by atoms with E-state index in [4.69, 9.17) is 14.6 Å². The molecule has 0 saturated heterocycles. The zero-order valence-electron chi connectivity index (χ0n) is 23.0. The zero-order chi connectivity index (χ0) is 27.6. The first-order valence-corrected chi connectivity index (χ1v) is 13.6. The second-order valence-electron chi connectivity index (χ2n) is 11.2. The molecule has 8 nitrogen and oxygen atoms in total. The lowest BCUT2D eigenvalue weighted by atomic mass is 9.46. The summed E-state index contributed by atoms with van der Waals surface area (Å²) in [4.78, 5) is 35.0. The smallest absolute Gasteiger partial charge is 0.333 e. The number of hydrogen-bond donors (Lipinski definition) is 3. The Morgan fingerprint density at radius 3 is 2.51 bits per heavy atom. The van der Waals surface area contributed by atoms with Crippen LogP contribution in [0.3, 0.4) is 0 Å². The molecule has 210 valence electrons. The van der Waals surface area contributed by atoms with Gasteiger partial charge < -0.3 is 24.8 Å². The second kappa shape index (κ2) is 14.1. The van der Waals surface area contributed by atoms with Crippen LogP contribution in [-0.2, 0) is 23.9 Å². The average molecular weight is 523 g/mol. The number of hydrogen-bond acceptors (Lipinski definition) is 7. The highest BCUT2D eigenvalue weighted by atomic mass is 16.5. The van der Waals surface area contributed by atoms with Gasteiger partial charge in [0, 0.05) is 17.6 Å².